The Morgan fingerprint density at radius 2 is 2.04 bits per heavy atom. The summed E-state index contributed by atoms with van der Waals surface area (Å²) in [5, 5.41) is 7.79. The van der Waals surface area contributed by atoms with Crippen molar-refractivity contribution in [3.63, 3.8) is 0 Å². The van der Waals surface area contributed by atoms with Crippen molar-refractivity contribution >= 4 is 34.7 Å². The van der Waals surface area contributed by atoms with Gasteiger partial charge in [-0.15, -0.1) is 11.8 Å². The molecule has 0 aliphatic heterocycles. The second kappa shape index (κ2) is 8.68. The Kier molecular flexibility index (Phi) is 6.08. The molecule has 1 amide bonds. The van der Waals surface area contributed by atoms with Gasteiger partial charge in [0, 0.05) is 35.8 Å². The number of carbonyl (C=O) groups is 2. The van der Waals surface area contributed by atoms with Crippen LogP contribution in [0, 0.1) is 6.92 Å². The number of nitrogens with one attached hydrogen (secondary N) is 1. The molecule has 140 valence electrons. The fourth-order valence-corrected chi connectivity index (χ4v) is 3.35. The molecule has 0 bridgehead atoms. The first kappa shape index (κ1) is 18.9. The summed E-state index contributed by atoms with van der Waals surface area (Å²) in [5.74, 6) is -0.171. The zero-order valence-corrected chi connectivity index (χ0v) is 16.0. The minimum absolute atomic E-state index is 0.297. The fourth-order valence-electron chi connectivity index (χ4n) is 2.56. The van der Waals surface area contributed by atoms with Gasteiger partial charge in [-0.2, -0.15) is 5.10 Å². The van der Waals surface area contributed by atoms with Crippen molar-refractivity contribution in [3.8, 4) is 0 Å². The quantitative estimate of drug-likeness (QED) is 0.382. The summed E-state index contributed by atoms with van der Waals surface area (Å²) in [6.45, 7) is 2.03. The number of nitrogens with zero attached hydrogens (tertiary/aromatic N) is 3. The molecule has 0 saturated carbocycles. The molecule has 0 aliphatic rings. The van der Waals surface area contributed by atoms with E-state index in [-0.39, 0.29) is 12.5 Å². The van der Waals surface area contributed by atoms with Crippen LogP contribution in [0.3, 0.4) is 0 Å². The maximum absolute atomic E-state index is 12.2. The third kappa shape index (κ3) is 4.85. The number of thioether (sulfide) groups is 1. The number of hydrogen-bond donors (Lipinski definition) is 1. The first-order valence-corrected chi connectivity index (χ1v) is 9.44. The van der Waals surface area contributed by atoms with Crippen molar-refractivity contribution in [2.45, 2.75) is 11.8 Å². The maximum atomic E-state index is 12.2. The lowest BCUT2D eigenvalue weighted by molar-refractivity contribution is -0.124. The lowest BCUT2D eigenvalue weighted by Crippen LogP contribution is -2.30. The Bertz CT molecular complexity index is 956. The number of pyridine rings is 1. The van der Waals surface area contributed by atoms with Gasteiger partial charge < -0.3 is 10.1 Å². The molecule has 2 aromatic heterocycles. The summed E-state index contributed by atoms with van der Waals surface area (Å²) in [6, 6.07) is 11.6. The van der Waals surface area contributed by atoms with Gasteiger partial charge in [0.2, 0.25) is 0 Å². The summed E-state index contributed by atoms with van der Waals surface area (Å²) in [6.07, 6.45) is 1.43. The average Bonchev–Trinajstić information content (AvgIpc) is 2.97. The number of aromatic nitrogens is 3. The van der Waals surface area contributed by atoms with E-state index >= 15 is 0 Å². The fraction of sp³-hybridized carbons (Fsp3) is 0.263. The molecule has 0 unspecified atom stereocenters. The number of ether oxygens (including phenoxy) is 1. The Morgan fingerprint density at radius 3 is 2.81 bits per heavy atom. The van der Waals surface area contributed by atoms with Gasteiger partial charge in [0.25, 0.3) is 5.91 Å². The summed E-state index contributed by atoms with van der Waals surface area (Å²) < 4.78 is 6.73. The average molecular weight is 384 g/mol. The van der Waals surface area contributed by atoms with Crippen LogP contribution >= 0.6 is 11.8 Å². The number of amides is 1. The number of benzene rings is 1. The van der Waals surface area contributed by atoms with E-state index in [4.69, 9.17) is 4.74 Å². The van der Waals surface area contributed by atoms with Crippen molar-refractivity contribution in [2.75, 3.05) is 18.9 Å². The van der Waals surface area contributed by atoms with E-state index < -0.39 is 5.97 Å². The molecule has 3 rings (SSSR count). The number of esters is 1. The van der Waals surface area contributed by atoms with Gasteiger partial charge in [0.1, 0.15) is 0 Å². The van der Waals surface area contributed by atoms with Crippen LogP contribution in [0.4, 0.5) is 0 Å². The SMILES string of the molecule is Cc1nn(C)c2ncc(C(=O)OCC(=O)NCCSc3ccccc3)cc12. The number of fused-ring (bicyclic) bond motifs is 1. The van der Waals surface area contributed by atoms with Crippen LogP contribution in [0.2, 0.25) is 0 Å². The largest absolute Gasteiger partial charge is 0.452 e. The van der Waals surface area contributed by atoms with Crippen molar-refractivity contribution in [1.29, 1.82) is 0 Å². The van der Waals surface area contributed by atoms with Gasteiger partial charge in [-0.1, -0.05) is 18.2 Å². The molecule has 8 heteroatoms. The van der Waals surface area contributed by atoms with E-state index in [1.54, 1.807) is 29.6 Å². The highest BCUT2D eigenvalue weighted by molar-refractivity contribution is 7.99. The van der Waals surface area contributed by atoms with E-state index in [1.165, 1.54) is 6.20 Å². The molecular weight excluding hydrogens is 364 g/mol. The predicted molar refractivity (Wildman–Crippen MR) is 104 cm³/mol. The van der Waals surface area contributed by atoms with Gasteiger partial charge in [-0.05, 0) is 25.1 Å². The Labute approximate surface area is 161 Å². The molecular formula is C19H20N4O3S. The molecule has 3 aromatic rings. The van der Waals surface area contributed by atoms with E-state index in [1.807, 2.05) is 37.3 Å². The maximum Gasteiger partial charge on any atom is 0.340 e. The van der Waals surface area contributed by atoms with Gasteiger partial charge in [0.15, 0.2) is 12.3 Å². The lowest BCUT2D eigenvalue weighted by atomic mass is 10.2. The lowest BCUT2D eigenvalue weighted by Gasteiger charge is -2.07. The number of hydrogen-bond acceptors (Lipinski definition) is 6. The van der Waals surface area contributed by atoms with Gasteiger partial charge in [-0.3, -0.25) is 9.48 Å². The smallest absolute Gasteiger partial charge is 0.340 e. The Hall–Kier alpha value is -2.87. The number of rotatable bonds is 7. The summed E-state index contributed by atoms with van der Waals surface area (Å²) >= 11 is 1.65. The standard InChI is InChI=1S/C19H20N4O3S/c1-13-16-10-14(11-21-18(16)23(2)22-13)19(25)26-12-17(24)20-8-9-27-15-6-4-3-5-7-15/h3-7,10-11H,8-9,12H2,1-2H3,(H,20,24). The molecule has 27 heavy (non-hydrogen) atoms. The molecule has 0 saturated heterocycles. The second-order valence-corrected chi connectivity index (χ2v) is 7.06. The van der Waals surface area contributed by atoms with Crippen LogP contribution in [0.5, 0.6) is 0 Å². The van der Waals surface area contributed by atoms with E-state index in [2.05, 4.69) is 15.4 Å². The third-order valence-electron chi connectivity index (χ3n) is 3.87. The number of carbonyl (C=O) groups excluding carboxylic acids is 2. The van der Waals surface area contributed by atoms with Gasteiger partial charge in [-0.25, -0.2) is 9.78 Å². The first-order valence-electron chi connectivity index (χ1n) is 8.45. The molecule has 2 heterocycles. The van der Waals surface area contributed by atoms with Gasteiger partial charge >= 0.3 is 5.97 Å². The van der Waals surface area contributed by atoms with Crippen LogP contribution in [-0.2, 0) is 16.6 Å². The number of aryl methyl sites for hydroxylation is 2. The summed E-state index contributed by atoms with van der Waals surface area (Å²) in [5.41, 5.74) is 1.77. The van der Waals surface area contributed by atoms with Crippen LogP contribution in [0.1, 0.15) is 16.1 Å². The minimum atomic E-state index is -0.582. The zero-order valence-electron chi connectivity index (χ0n) is 15.1. The molecule has 0 spiro atoms. The van der Waals surface area contributed by atoms with Crippen molar-refractivity contribution in [2.24, 2.45) is 7.05 Å². The van der Waals surface area contributed by atoms with Crippen molar-refractivity contribution in [1.82, 2.24) is 20.1 Å². The molecule has 1 aromatic carbocycles. The van der Waals surface area contributed by atoms with Crippen LogP contribution in [0.15, 0.2) is 47.5 Å². The predicted octanol–water partition coefficient (Wildman–Crippen LogP) is 2.34. The molecule has 0 aliphatic carbocycles. The summed E-state index contributed by atoms with van der Waals surface area (Å²) in [4.78, 5) is 29.4. The second-order valence-electron chi connectivity index (χ2n) is 5.89. The third-order valence-corrected chi connectivity index (χ3v) is 4.88. The molecule has 1 N–H and O–H groups in total. The highest BCUT2D eigenvalue weighted by Crippen LogP contribution is 2.17. The van der Waals surface area contributed by atoms with Crippen LogP contribution < -0.4 is 5.32 Å². The molecule has 0 fully saturated rings. The Morgan fingerprint density at radius 1 is 1.26 bits per heavy atom. The Balaban J connectivity index is 1.44. The first-order chi connectivity index (χ1) is 13.0. The topological polar surface area (TPSA) is 86.1 Å². The van der Waals surface area contributed by atoms with Crippen molar-refractivity contribution in [3.05, 3.63) is 53.9 Å². The highest BCUT2D eigenvalue weighted by atomic mass is 32.2. The zero-order chi connectivity index (χ0) is 19.2. The normalized spacial score (nSPS) is 10.7. The monoisotopic (exact) mass is 384 g/mol. The van der Waals surface area contributed by atoms with E-state index in [9.17, 15) is 9.59 Å². The van der Waals surface area contributed by atoms with Crippen molar-refractivity contribution < 1.29 is 14.3 Å². The van der Waals surface area contributed by atoms with Crippen LogP contribution in [0.25, 0.3) is 11.0 Å². The molecule has 0 radical (unpaired) electrons. The van der Waals surface area contributed by atoms with E-state index in [0.29, 0.717) is 17.8 Å². The molecule has 7 nitrogen and oxygen atoms in total. The summed E-state index contributed by atoms with van der Waals surface area (Å²) in [7, 11) is 1.79. The van der Waals surface area contributed by atoms with E-state index in [0.717, 1.165) is 21.7 Å². The van der Waals surface area contributed by atoms with Gasteiger partial charge in [0.05, 0.1) is 11.3 Å². The highest BCUT2D eigenvalue weighted by Gasteiger charge is 2.14. The minimum Gasteiger partial charge on any atom is -0.452 e. The van der Waals surface area contributed by atoms with Crippen LogP contribution in [-0.4, -0.2) is 45.5 Å². The molecule has 0 atom stereocenters.